The molecule has 0 aromatic rings. The second-order valence-electron chi connectivity index (χ2n) is 11.4. The lowest BCUT2D eigenvalue weighted by atomic mass is 10.1. The van der Waals surface area contributed by atoms with Gasteiger partial charge in [0, 0.05) is 6.42 Å². The van der Waals surface area contributed by atoms with Crippen LogP contribution in [0.1, 0.15) is 74.7 Å². The van der Waals surface area contributed by atoms with E-state index in [0.717, 1.165) is 12.8 Å². The summed E-state index contributed by atoms with van der Waals surface area (Å²) in [4.78, 5) is 12.4. The third-order valence-corrected chi connectivity index (χ3v) is 15.7. The summed E-state index contributed by atoms with van der Waals surface area (Å²) in [6.07, 6.45) is 1.66. The lowest BCUT2D eigenvalue weighted by Gasteiger charge is -2.46. The van der Waals surface area contributed by atoms with Crippen molar-refractivity contribution in [1.82, 2.24) is 5.32 Å². The Labute approximate surface area is 182 Å². The first kappa shape index (κ1) is 28.8. The first-order chi connectivity index (χ1) is 12.9. The van der Waals surface area contributed by atoms with Crippen LogP contribution in [0.15, 0.2) is 0 Å². The number of amides is 1. The van der Waals surface area contributed by atoms with Gasteiger partial charge in [-0.25, -0.2) is 0 Å². The van der Waals surface area contributed by atoms with Gasteiger partial charge < -0.3 is 19.3 Å². The van der Waals surface area contributed by atoms with Crippen molar-refractivity contribution in [3.8, 4) is 0 Å². The molecule has 0 heterocycles. The number of carbonyl (C=O) groups excluding carboxylic acids is 1. The summed E-state index contributed by atoms with van der Waals surface area (Å²) >= 11 is 0. The minimum absolute atomic E-state index is 0.0220. The Hall–Kier alpha value is -0.216. The van der Waals surface area contributed by atoms with Crippen LogP contribution in [0.3, 0.4) is 0 Å². The number of hydrogen-bond acceptors (Lipinski definition) is 4. The van der Waals surface area contributed by atoms with Crippen molar-refractivity contribution in [3.05, 3.63) is 0 Å². The Morgan fingerprint density at radius 2 is 1.41 bits per heavy atom. The van der Waals surface area contributed by atoms with E-state index < -0.39 is 22.7 Å². The van der Waals surface area contributed by atoms with Gasteiger partial charge in [-0.15, -0.1) is 0 Å². The standard InChI is InChI=1S/C22H49NO4Si2/c1-13-14-15-19(25)23-18(16-24)20(27-29(11,12)22(6,7)8)17(2)26-28(9,10)21(3,4)5/h17-18,20,24H,13-16H2,1-12H3,(H,23,25)/t17-,18+,20?/m1/s1. The smallest absolute Gasteiger partial charge is 0.220 e. The molecule has 29 heavy (non-hydrogen) atoms. The highest BCUT2D eigenvalue weighted by molar-refractivity contribution is 6.74. The molecule has 1 amide bonds. The summed E-state index contributed by atoms with van der Waals surface area (Å²) in [5.74, 6) is -0.0331. The largest absolute Gasteiger partial charge is 0.412 e. The van der Waals surface area contributed by atoms with Crippen molar-refractivity contribution >= 4 is 22.5 Å². The summed E-state index contributed by atoms with van der Waals surface area (Å²) < 4.78 is 13.4. The zero-order valence-electron chi connectivity index (χ0n) is 21.2. The molecule has 1 unspecified atom stereocenters. The second-order valence-corrected chi connectivity index (χ2v) is 20.9. The highest BCUT2D eigenvalue weighted by atomic mass is 28.4. The van der Waals surface area contributed by atoms with Crippen LogP contribution >= 0.6 is 0 Å². The topological polar surface area (TPSA) is 67.8 Å². The number of rotatable bonds is 11. The number of aliphatic hydroxyl groups excluding tert-OH is 1. The van der Waals surface area contributed by atoms with Crippen LogP contribution in [0, 0.1) is 0 Å². The molecule has 0 fully saturated rings. The number of nitrogens with one attached hydrogen (secondary N) is 1. The van der Waals surface area contributed by atoms with Crippen LogP contribution in [0.25, 0.3) is 0 Å². The molecule has 174 valence electrons. The molecule has 0 bridgehead atoms. The molecular weight excluding hydrogens is 398 g/mol. The summed E-state index contributed by atoms with van der Waals surface area (Å²) in [7, 11) is -4.16. The van der Waals surface area contributed by atoms with Crippen LogP contribution in [-0.4, -0.2) is 52.5 Å². The third kappa shape index (κ3) is 8.81. The maximum absolute atomic E-state index is 12.4. The van der Waals surface area contributed by atoms with Crippen molar-refractivity contribution < 1.29 is 18.8 Å². The minimum Gasteiger partial charge on any atom is -0.412 e. The van der Waals surface area contributed by atoms with Crippen molar-refractivity contribution in [2.75, 3.05) is 6.61 Å². The maximum Gasteiger partial charge on any atom is 0.220 e. The zero-order chi connectivity index (χ0) is 23.3. The number of hydrogen-bond donors (Lipinski definition) is 2. The van der Waals surface area contributed by atoms with Crippen molar-refractivity contribution in [1.29, 1.82) is 0 Å². The van der Waals surface area contributed by atoms with Gasteiger partial charge in [0.15, 0.2) is 16.6 Å². The zero-order valence-corrected chi connectivity index (χ0v) is 23.2. The fourth-order valence-corrected chi connectivity index (χ4v) is 5.39. The molecule has 7 heteroatoms. The van der Waals surface area contributed by atoms with Crippen molar-refractivity contribution in [3.63, 3.8) is 0 Å². The van der Waals surface area contributed by atoms with Gasteiger partial charge in [-0.1, -0.05) is 54.9 Å². The highest BCUT2D eigenvalue weighted by Gasteiger charge is 2.45. The first-order valence-corrected chi connectivity index (χ1v) is 17.0. The molecule has 5 nitrogen and oxygen atoms in total. The first-order valence-electron chi connectivity index (χ1n) is 11.2. The molecule has 2 N–H and O–H groups in total. The Morgan fingerprint density at radius 1 is 0.966 bits per heavy atom. The molecule has 0 aromatic carbocycles. The molecule has 0 spiro atoms. The van der Waals surface area contributed by atoms with Crippen molar-refractivity contribution in [2.24, 2.45) is 0 Å². The van der Waals surface area contributed by atoms with Gasteiger partial charge in [-0.05, 0) is 49.6 Å². The maximum atomic E-state index is 12.4. The molecule has 0 saturated heterocycles. The van der Waals surface area contributed by atoms with Crippen LogP contribution in [0.4, 0.5) is 0 Å². The minimum atomic E-state index is -2.13. The van der Waals surface area contributed by atoms with Crippen LogP contribution in [-0.2, 0) is 13.6 Å². The Morgan fingerprint density at radius 3 is 1.79 bits per heavy atom. The third-order valence-electron chi connectivity index (χ3n) is 6.68. The van der Waals surface area contributed by atoms with E-state index >= 15 is 0 Å². The van der Waals surface area contributed by atoms with E-state index in [-0.39, 0.29) is 34.8 Å². The average molecular weight is 448 g/mol. The SMILES string of the molecule is CCCCC(=O)N[C@@H](CO)C(O[Si](C)(C)C(C)(C)C)[C@@H](C)O[Si](C)(C)C(C)(C)C. The number of unbranched alkanes of at least 4 members (excludes halogenated alkanes) is 1. The fraction of sp³-hybridized carbons (Fsp3) is 0.955. The number of carbonyl (C=O) groups is 1. The van der Waals surface area contributed by atoms with Crippen LogP contribution in [0.2, 0.25) is 36.3 Å². The molecular formula is C22H49NO4Si2. The van der Waals surface area contributed by atoms with E-state index in [1.165, 1.54) is 0 Å². The molecule has 0 aliphatic carbocycles. The Bertz CT molecular complexity index is 510. The van der Waals surface area contributed by atoms with Gasteiger partial charge in [0.05, 0.1) is 24.9 Å². The lowest BCUT2D eigenvalue weighted by molar-refractivity contribution is -0.123. The quantitative estimate of drug-likeness (QED) is 0.413. The summed E-state index contributed by atoms with van der Waals surface area (Å²) in [6, 6.07) is -0.478. The Balaban J connectivity index is 5.77. The molecule has 0 aromatic heterocycles. The Kier molecular flexibility index (Phi) is 10.8. The molecule has 0 aliphatic heterocycles. The van der Waals surface area contributed by atoms with Gasteiger partial charge in [-0.3, -0.25) is 4.79 Å². The van der Waals surface area contributed by atoms with Crippen LogP contribution in [0.5, 0.6) is 0 Å². The van der Waals surface area contributed by atoms with Gasteiger partial charge in [0.25, 0.3) is 0 Å². The monoisotopic (exact) mass is 447 g/mol. The van der Waals surface area contributed by atoms with E-state index in [0.29, 0.717) is 6.42 Å². The number of aliphatic hydroxyl groups is 1. The van der Waals surface area contributed by atoms with E-state index in [2.05, 4.69) is 80.0 Å². The summed E-state index contributed by atoms with van der Waals surface area (Å²) in [5, 5.41) is 13.3. The van der Waals surface area contributed by atoms with E-state index in [4.69, 9.17) is 8.85 Å². The van der Waals surface area contributed by atoms with E-state index in [1.807, 2.05) is 6.92 Å². The summed E-state index contributed by atoms with van der Waals surface area (Å²) in [6.45, 7) is 26.0. The molecule has 0 aliphatic rings. The summed E-state index contributed by atoms with van der Waals surface area (Å²) in [5.41, 5.74) is 0. The molecule has 0 saturated carbocycles. The van der Waals surface area contributed by atoms with Crippen LogP contribution < -0.4 is 5.32 Å². The highest BCUT2D eigenvalue weighted by Crippen LogP contribution is 2.40. The van der Waals surface area contributed by atoms with Crippen molar-refractivity contribution in [2.45, 2.75) is 129 Å². The normalized spacial score (nSPS) is 17.0. The average Bonchev–Trinajstić information content (AvgIpc) is 2.53. The van der Waals surface area contributed by atoms with Gasteiger partial charge in [0.1, 0.15) is 0 Å². The van der Waals surface area contributed by atoms with Gasteiger partial charge in [0.2, 0.25) is 5.91 Å². The lowest BCUT2D eigenvalue weighted by Crippen LogP contribution is -2.59. The predicted octanol–water partition coefficient (Wildman–Crippen LogP) is 5.45. The molecule has 0 radical (unpaired) electrons. The molecule has 0 rings (SSSR count). The van der Waals surface area contributed by atoms with E-state index in [1.54, 1.807) is 0 Å². The second kappa shape index (κ2) is 10.9. The molecule has 3 atom stereocenters. The fourth-order valence-electron chi connectivity index (χ4n) is 2.58. The van der Waals surface area contributed by atoms with E-state index in [9.17, 15) is 9.90 Å². The van der Waals surface area contributed by atoms with Gasteiger partial charge in [-0.2, -0.15) is 0 Å². The van der Waals surface area contributed by atoms with Gasteiger partial charge >= 0.3 is 0 Å². The predicted molar refractivity (Wildman–Crippen MR) is 128 cm³/mol.